The number of aliphatic hydroxyl groups is 1. The van der Waals surface area contributed by atoms with Gasteiger partial charge in [0.05, 0.1) is 18.8 Å². The zero-order valence-electron chi connectivity index (χ0n) is 9.80. The summed E-state index contributed by atoms with van der Waals surface area (Å²) in [5.41, 5.74) is 1.13. The lowest BCUT2D eigenvalue weighted by atomic mass is 9.88. The molecular formula is C13H17BrO3. The third-order valence-electron chi connectivity index (χ3n) is 2.96. The highest BCUT2D eigenvalue weighted by Crippen LogP contribution is 2.28. The number of rotatable bonds is 5. The van der Waals surface area contributed by atoms with Gasteiger partial charge in [-0.15, -0.1) is 0 Å². The Bertz CT molecular complexity index is 352. The molecule has 1 saturated carbocycles. The van der Waals surface area contributed by atoms with Crippen molar-refractivity contribution < 1.29 is 14.6 Å². The molecule has 1 aliphatic rings. The van der Waals surface area contributed by atoms with Crippen molar-refractivity contribution >= 4 is 15.9 Å². The summed E-state index contributed by atoms with van der Waals surface area (Å²) in [7, 11) is 0. The first-order valence-corrected chi connectivity index (χ1v) is 6.65. The first-order chi connectivity index (χ1) is 8.20. The lowest BCUT2D eigenvalue weighted by Crippen LogP contribution is -2.53. The van der Waals surface area contributed by atoms with Crippen molar-refractivity contribution in [3.05, 3.63) is 34.3 Å². The molecule has 0 saturated heterocycles. The molecule has 1 aromatic rings. The summed E-state index contributed by atoms with van der Waals surface area (Å²) >= 11 is 3.39. The maximum atomic E-state index is 9.53. The Labute approximate surface area is 110 Å². The molecule has 4 heteroatoms. The smallest absolute Gasteiger partial charge is 0.110 e. The normalized spacial score (nSPS) is 27.8. The first-order valence-electron chi connectivity index (χ1n) is 5.86. The topological polar surface area (TPSA) is 38.7 Å². The van der Waals surface area contributed by atoms with Crippen LogP contribution < -0.4 is 0 Å². The fraction of sp³-hybridized carbons (Fsp3) is 0.538. The lowest BCUT2D eigenvalue weighted by Gasteiger charge is -2.40. The Morgan fingerprint density at radius 3 is 2.59 bits per heavy atom. The molecule has 1 N–H and O–H groups in total. The quantitative estimate of drug-likeness (QED) is 0.908. The summed E-state index contributed by atoms with van der Waals surface area (Å²) in [5, 5.41) is 9.53. The molecule has 1 aromatic carbocycles. The largest absolute Gasteiger partial charge is 0.390 e. The van der Waals surface area contributed by atoms with E-state index in [1.807, 2.05) is 31.2 Å². The second-order valence-corrected chi connectivity index (χ2v) is 5.11. The molecule has 0 spiro atoms. The number of halogens is 1. The van der Waals surface area contributed by atoms with Crippen molar-refractivity contribution in [2.75, 3.05) is 6.61 Å². The molecule has 3 nitrogen and oxygen atoms in total. The van der Waals surface area contributed by atoms with Crippen LogP contribution in [0.25, 0.3) is 0 Å². The van der Waals surface area contributed by atoms with Crippen molar-refractivity contribution in [2.24, 2.45) is 0 Å². The Balaban J connectivity index is 1.80. The van der Waals surface area contributed by atoms with Crippen LogP contribution >= 0.6 is 15.9 Å². The Kier molecular flexibility index (Phi) is 4.56. The summed E-state index contributed by atoms with van der Waals surface area (Å²) in [6.45, 7) is 3.10. The molecule has 0 amide bonds. The van der Waals surface area contributed by atoms with Crippen LogP contribution in [0.3, 0.4) is 0 Å². The minimum Gasteiger partial charge on any atom is -0.390 e. The van der Waals surface area contributed by atoms with Crippen molar-refractivity contribution in [2.45, 2.75) is 38.3 Å². The van der Waals surface area contributed by atoms with Crippen LogP contribution in [-0.2, 0) is 16.1 Å². The van der Waals surface area contributed by atoms with Gasteiger partial charge in [-0.3, -0.25) is 0 Å². The average molecular weight is 301 g/mol. The van der Waals surface area contributed by atoms with Crippen LogP contribution in [0.5, 0.6) is 0 Å². The standard InChI is InChI=1S/C13H17BrO3/c1-2-16-13-11(15)7-12(13)17-8-9-3-5-10(14)6-4-9/h3-6,11-13,15H,2,7-8H2,1H3. The van der Waals surface area contributed by atoms with Gasteiger partial charge in [-0.1, -0.05) is 28.1 Å². The van der Waals surface area contributed by atoms with Gasteiger partial charge in [0.15, 0.2) is 0 Å². The zero-order valence-corrected chi connectivity index (χ0v) is 11.4. The van der Waals surface area contributed by atoms with Gasteiger partial charge in [-0.25, -0.2) is 0 Å². The van der Waals surface area contributed by atoms with Gasteiger partial charge in [0.1, 0.15) is 6.10 Å². The molecule has 1 aliphatic carbocycles. The van der Waals surface area contributed by atoms with E-state index in [2.05, 4.69) is 15.9 Å². The van der Waals surface area contributed by atoms with Gasteiger partial charge in [0, 0.05) is 17.5 Å². The summed E-state index contributed by atoms with van der Waals surface area (Å²) in [5.74, 6) is 0. The van der Waals surface area contributed by atoms with Gasteiger partial charge in [-0.05, 0) is 24.6 Å². The van der Waals surface area contributed by atoms with E-state index in [1.165, 1.54) is 0 Å². The summed E-state index contributed by atoms with van der Waals surface area (Å²) in [6, 6.07) is 8.03. The fourth-order valence-electron chi connectivity index (χ4n) is 1.92. The van der Waals surface area contributed by atoms with Gasteiger partial charge < -0.3 is 14.6 Å². The highest BCUT2D eigenvalue weighted by atomic mass is 79.9. The number of aliphatic hydroxyl groups excluding tert-OH is 1. The maximum absolute atomic E-state index is 9.53. The fourth-order valence-corrected chi connectivity index (χ4v) is 2.18. The molecule has 17 heavy (non-hydrogen) atoms. The van der Waals surface area contributed by atoms with Crippen LogP contribution in [0.15, 0.2) is 28.7 Å². The molecule has 0 aliphatic heterocycles. The first kappa shape index (κ1) is 13.0. The molecule has 2 rings (SSSR count). The molecule has 0 bridgehead atoms. The van der Waals surface area contributed by atoms with Gasteiger partial charge in [0.25, 0.3) is 0 Å². The number of hydrogen-bond acceptors (Lipinski definition) is 3. The Morgan fingerprint density at radius 1 is 1.29 bits per heavy atom. The molecular weight excluding hydrogens is 284 g/mol. The molecule has 0 aromatic heterocycles. The van der Waals surface area contributed by atoms with E-state index >= 15 is 0 Å². The molecule has 3 atom stereocenters. The second kappa shape index (κ2) is 5.96. The van der Waals surface area contributed by atoms with E-state index in [0.717, 1.165) is 10.0 Å². The SMILES string of the molecule is CCOC1C(O)CC1OCc1ccc(Br)cc1. The minimum absolute atomic E-state index is 0.0218. The van der Waals surface area contributed by atoms with Crippen LogP contribution in [0, 0.1) is 0 Å². The minimum atomic E-state index is -0.370. The number of ether oxygens (including phenoxy) is 2. The molecule has 0 heterocycles. The van der Waals surface area contributed by atoms with Crippen molar-refractivity contribution in [3.8, 4) is 0 Å². The van der Waals surface area contributed by atoms with Crippen LogP contribution in [0.4, 0.5) is 0 Å². The Morgan fingerprint density at radius 2 is 2.00 bits per heavy atom. The predicted molar refractivity (Wildman–Crippen MR) is 68.8 cm³/mol. The Hall–Kier alpha value is -0.420. The predicted octanol–water partition coefficient (Wildman–Crippen LogP) is 2.50. The summed E-state index contributed by atoms with van der Waals surface area (Å²) in [4.78, 5) is 0. The second-order valence-electron chi connectivity index (χ2n) is 4.20. The van der Waals surface area contributed by atoms with Crippen molar-refractivity contribution in [3.63, 3.8) is 0 Å². The van der Waals surface area contributed by atoms with E-state index in [1.54, 1.807) is 0 Å². The van der Waals surface area contributed by atoms with Gasteiger partial charge in [-0.2, -0.15) is 0 Å². The van der Waals surface area contributed by atoms with Crippen molar-refractivity contribution in [1.82, 2.24) is 0 Å². The highest BCUT2D eigenvalue weighted by Gasteiger charge is 2.41. The molecule has 94 valence electrons. The molecule has 0 radical (unpaired) electrons. The zero-order chi connectivity index (χ0) is 12.3. The van der Waals surface area contributed by atoms with Crippen molar-refractivity contribution in [1.29, 1.82) is 0 Å². The number of hydrogen-bond donors (Lipinski definition) is 1. The monoisotopic (exact) mass is 300 g/mol. The third kappa shape index (κ3) is 3.28. The van der Waals surface area contributed by atoms with Crippen LogP contribution in [-0.4, -0.2) is 30.0 Å². The molecule has 3 unspecified atom stereocenters. The van der Waals surface area contributed by atoms with Gasteiger partial charge >= 0.3 is 0 Å². The lowest BCUT2D eigenvalue weighted by molar-refractivity contribution is -0.194. The van der Waals surface area contributed by atoms with E-state index in [-0.39, 0.29) is 18.3 Å². The van der Waals surface area contributed by atoms with E-state index < -0.39 is 0 Å². The average Bonchev–Trinajstić information content (AvgIpc) is 2.33. The van der Waals surface area contributed by atoms with Crippen LogP contribution in [0.1, 0.15) is 18.9 Å². The highest BCUT2D eigenvalue weighted by molar-refractivity contribution is 9.10. The molecule has 1 fully saturated rings. The summed E-state index contributed by atoms with van der Waals surface area (Å²) < 4.78 is 12.2. The summed E-state index contributed by atoms with van der Waals surface area (Å²) in [6.07, 6.45) is 0.162. The third-order valence-corrected chi connectivity index (χ3v) is 3.48. The van der Waals surface area contributed by atoms with E-state index in [9.17, 15) is 5.11 Å². The van der Waals surface area contributed by atoms with E-state index in [4.69, 9.17) is 9.47 Å². The maximum Gasteiger partial charge on any atom is 0.110 e. The number of benzene rings is 1. The van der Waals surface area contributed by atoms with Crippen LogP contribution in [0.2, 0.25) is 0 Å². The van der Waals surface area contributed by atoms with E-state index in [0.29, 0.717) is 19.6 Å². The van der Waals surface area contributed by atoms with Gasteiger partial charge in [0.2, 0.25) is 0 Å².